The summed E-state index contributed by atoms with van der Waals surface area (Å²) in [5, 5.41) is 0. The fourth-order valence-electron chi connectivity index (χ4n) is 8.82. The average molecular weight is 403 g/mol. The molecule has 4 rings (SSSR count). The van der Waals surface area contributed by atoms with E-state index in [0.717, 1.165) is 31.1 Å². The van der Waals surface area contributed by atoms with Crippen molar-refractivity contribution in [1.82, 2.24) is 0 Å². The SMILES string of the molecule is C#CC(C)[C@H]1CCC2C3C(CC[C@@]21C)[C@@]1(C)CCC(OC)(OC)C[C@@H]1C[C@H]3OC. The van der Waals surface area contributed by atoms with E-state index in [0.29, 0.717) is 40.6 Å². The minimum Gasteiger partial charge on any atom is -0.381 e. The Kier molecular flexibility index (Phi) is 5.63. The van der Waals surface area contributed by atoms with Crippen LogP contribution in [-0.4, -0.2) is 33.2 Å². The monoisotopic (exact) mass is 402 g/mol. The van der Waals surface area contributed by atoms with E-state index in [9.17, 15) is 0 Å². The van der Waals surface area contributed by atoms with Gasteiger partial charge in [0.05, 0.1) is 6.10 Å². The lowest BCUT2D eigenvalue weighted by molar-refractivity contribution is -0.271. The Morgan fingerprint density at radius 3 is 2.24 bits per heavy atom. The molecule has 0 heterocycles. The van der Waals surface area contributed by atoms with E-state index < -0.39 is 5.79 Å². The smallest absolute Gasteiger partial charge is 0.167 e. The van der Waals surface area contributed by atoms with Gasteiger partial charge in [-0.25, -0.2) is 0 Å². The molecule has 9 atom stereocenters. The van der Waals surface area contributed by atoms with Crippen LogP contribution < -0.4 is 0 Å². The molecule has 29 heavy (non-hydrogen) atoms. The van der Waals surface area contributed by atoms with Gasteiger partial charge in [0, 0.05) is 40.1 Å². The third kappa shape index (κ3) is 3.04. The van der Waals surface area contributed by atoms with E-state index in [1.54, 1.807) is 0 Å². The van der Waals surface area contributed by atoms with Crippen molar-refractivity contribution in [3.63, 3.8) is 0 Å². The first-order valence-corrected chi connectivity index (χ1v) is 11.9. The lowest BCUT2D eigenvalue weighted by atomic mass is 9.43. The molecule has 164 valence electrons. The Bertz CT molecular complexity index is 649. The molecule has 0 saturated heterocycles. The zero-order valence-corrected chi connectivity index (χ0v) is 19.5. The van der Waals surface area contributed by atoms with Crippen molar-refractivity contribution in [2.45, 2.75) is 84.0 Å². The first kappa shape index (κ1) is 21.7. The number of terminal acetylenes is 1. The summed E-state index contributed by atoms with van der Waals surface area (Å²) >= 11 is 0. The maximum absolute atomic E-state index is 6.24. The lowest BCUT2D eigenvalue weighted by Crippen LogP contribution is -2.60. The van der Waals surface area contributed by atoms with Crippen LogP contribution in [0.25, 0.3) is 0 Å². The summed E-state index contributed by atoms with van der Waals surface area (Å²) in [6, 6.07) is 0. The fraction of sp³-hybridized carbons (Fsp3) is 0.923. The average Bonchev–Trinajstić information content (AvgIpc) is 3.09. The third-order valence-electron chi connectivity index (χ3n) is 10.6. The van der Waals surface area contributed by atoms with E-state index >= 15 is 0 Å². The largest absolute Gasteiger partial charge is 0.381 e. The molecule has 3 heteroatoms. The van der Waals surface area contributed by atoms with Crippen LogP contribution >= 0.6 is 0 Å². The summed E-state index contributed by atoms with van der Waals surface area (Å²) in [4.78, 5) is 0. The van der Waals surface area contributed by atoms with E-state index in [-0.39, 0.29) is 0 Å². The molecule has 0 aromatic rings. The highest BCUT2D eigenvalue weighted by molar-refractivity contribution is 5.14. The van der Waals surface area contributed by atoms with Gasteiger partial charge in [-0.1, -0.05) is 20.8 Å². The molecule has 0 aromatic carbocycles. The van der Waals surface area contributed by atoms with E-state index in [1.807, 2.05) is 21.3 Å². The first-order chi connectivity index (χ1) is 13.8. The maximum Gasteiger partial charge on any atom is 0.167 e. The van der Waals surface area contributed by atoms with Crippen LogP contribution in [0.4, 0.5) is 0 Å². The van der Waals surface area contributed by atoms with Gasteiger partial charge in [0.15, 0.2) is 5.79 Å². The number of rotatable bonds is 4. The Labute approximate surface area is 178 Å². The zero-order chi connectivity index (χ0) is 21.0. The molecule has 4 aliphatic carbocycles. The number of fused-ring (bicyclic) bond motifs is 5. The van der Waals surface area contributed by atoms with E-state index in [2.05, 4.69) is 26.7 Å². The van der Waals surface area contributed by atoms with Crippen LogP contribution in [0.15, 0.2) is 0 Å². The van der Waals surface area contributed by atoms with Gasteiger partial charge in [0.1, 0.15) is 0 Å². The standard InChI is InChI=1S/C26H42O3/c1-8-17(2)19-9-10-20-23-21(11-12-25(19,20)4)24(3)13-14-26(28-6,29-7)16-18(24)15-22(23)27-5/h1,17-23H,9-16H2,2-7H3/t17?,18-,19+,20?,21?,22+,23?,24-,25+/m0/s1. The van der Waals surface area contributed by atoms with Crippen molar-refractivity contribution >= 4 is 0 Å². The Morgan fingerprint density at radius 2 is 1.62 bits per heavy atom. The van der Waals surface area contributed by atoms with Gasteiger partial charge in [0.25, 0.3) is 0 Å². The van der Waals surface area contributed by atoms with Crippen LogP contribution in [0.2, 0.25) is 0 Å². The molecular weight excluding hydrogens is 360 g/mol. The number of hydrogen-bond acceptors (Lipinski definition) is 3. The number of methoxy groups -OCH3 is 3. The molecule has 0 radical (unpaired) electrons. The van der Waals surface area contributed by atoms with Crippen molar-refractivity contribution in [3.05, 3.63) is 0 Å². The Balaban J connectivity index is 1.65. The van der Waals surface area contributed by atoms with Gasteiger partial charge >= 0.3 is 0 Å². The molecule has 4 saturated carbocycles. The highest BCUT2D eigenvalue weighted by Gasteiger charge is 2.64. The van der Waals surface area contributed by atoms with Crippen molar-refractivity contribution in [2.75, 3.05) is 21.3 Å². The quantitative estimate of drug-likeness (QED) is 0.457. The van der Waals surface area contributed by atoms with E-state index in [4.69, 9.17) is 20.6 Å². The van der Waals surface area contributed by atoms with Crippen LogP contribution in [0, 0.1) is 58.7 Å². The fourth-order valence-corrected chi connectivity index (χ4v) is 8.82. The first-order valence-electron chi connectivity index (χ1n) is 11.9. The van der Waals surface area contributed by atoms with Crippen LogP contribution in [0.1, 0.15) is 72.1 Å². The van der Waals surface area contributed by atoms with Gasteiger partial charge in [-0.05, 0) is 78.9 Å². The third-order valence-corrected chi connectivity index (χ3v) is 10.6. The molecule has 0 N–H and O–H groups in total. The molecule has 0 spiro atoms. The van der Waals surface area contributed by atoms with Gasteiger partial charge < -0.3 is 14.2 Å². The molecule has 4 aliphatic rings. The molecule has 0 aromatic heterocycles. The molecule has 0 aliphatic heterocycles. The summed E-state index contributed by atoms with van der Waals surface area (Å²) in [6.45, 7) is 7.41. The maximum atomic E-state index is 6.24. The minimum absolute atomic E-state index is 0.354. The molecular formula is C26H42O3. The molecule has 0 amide bonds. The summed E-state index contributed by atoms with van der Waals surface area (Å²) in [6.07, 6.45) is 15.9. The predicted octanol–water partition coefficient (Wildman–Crippen LogP) is 5.53. The lowest BCUT2D eigenvalue weighted by Gasteiger charge is -2.64. The van der Waals surface area contributed by atoms with Crippen molar-refractivity contribution in [2.24, 2.45) is 46.3 Å². The zero-order valence-electron chi connectivity index (χ0n) is 19.5. The number of hydrogen-bond donors (Lipinski definition) is 0. The van der Waals surface area contributed by atoms with Gasteiger partial charge in [-0.15, -0.1) is 12.3 Å². The van der Waals surface area contributed by atoms with Crippen molar-refractivity contribution in [3.8, 4) is 12.3 Å². The van der Waals surface area contributed by atoms with E-state index in [1.165, 1.54) is 32.1 Å². The Hall–Kier alpha value is -0.560. The molecule has 0 bridgehead atoms. The minimum atomic E-state index is -0.404. The Morgan fingerprint density at radius 1 is 0.931 bits per heavy atom. The van der Waals surface area contributed by atoms with Crippen LogP contribution in [0.5, 0.6) is 0 Å². The topological polar surface area (TPSA) is 27.7 Å². The van der Waals surface area contributed by atoms with Crippen molar-refractivity contribution in [1.29, 1.82) is 0 Å². The second kappa shape index (κ2) is 7.54. The van der Waals surface area contributed by atoms with Crippen LogP contribution in [-0.2, 0) is 14.2 Å². The number of ether oxygens (including phenoxy) is 3. The summed E-state index contributed by atoms with van der Waals surface area (Å²) in [7, 11) is 5.56. The highest BCUT2D eigenvalue weighted by atomic mass is 16.7. The second-order valence-electron chi connectivity index (χ2n) is 11.2. The normalized spacial score (nSPS) is 49.4. The van der Waals surface area contributed by atoms with Gasteiger partial charge in [-0.3, -0.25) is 0 Å². The van der Waals surface area contributed by atoms with Crippen molar-refractivity contribution < 1.29 is 14.2 Å². The van der Waals surface area contributed by atoms with Gasteiger partial charge in [0.2, 0.25) is 0 Å². The molecule has 4 unspecified atom stereocenters. The molecule has 3 nitrogen and oxygen atoms in total. The summed E-state index contributed by atoms with van der Waals surface area (Å²) in [5.74, 6) is 6.50. The van der Waals surface area contributed by atoms with Crippen LogP contribution in [0.3, 0.4) is 0 Å². The summed E-state index contributed by atoms with van der Waals surface area (Å²) in [5.41, 5.74) is 0.752. The molecule has 4 fully saturated rings. The second-order valence-corrected chi connectivity index (χ2v) is 11.2. The summed E-state index contributed by atoms with van der Waals surface area (Å²) < 4.78 is 18.0. The predicted molar refractivity (Wildman–Crippen MR) is 116 cm³/mol. The highest BCUT2D eigenvalue weighted by Crippen LogP contribution is 2.69. The van der Waals surface area contributed by atoms with Gasteiger partial charge in [-0.2, -0.15) is 0 Å².